The van der Waals surface area contributed by atoms with E-state index < -0.39 is 6.04 Å². The van der Waals surface area contributed by atoms with E-state index in [4.69, 9.17) is 9.47 Å². The van der Waals surface area contributed by atoms with Gasteiger partial charge >= 0.3 is 5.97 Å². The van der Waals surface area contributed by atoms with Crippen LogP contribution in [0.2, 0.25) is 0 Å². The van der Waals surface area contributed by atoms with Gasteiger partial charge in [0.05, 0.1) is 18.7 Å². The third-order valence-electron chi connectivity index (χ3n) is 3.64. The van der Waals surface area contributed by atoms with Gasteiger partial charge in [-0.2, -0.15) is 0 Å². The number of piperidine rings is 1. The fraction of sp³-hybridized carbons (Fsp3) is 0.467. The molecule has 1 aromatic carbocycles. The monoisotopic (exact) mass is 355 g/mol. The number of benzene rings is 1. The second-order valence-corrected chi connectivity index (χ2v) is 5.74. The van der Waals surface area contributed by atoms with Crippen molar-refractivity contribution >= 4 is 27.8 Å². The molecule has 1 amide bonds. The van der Waals surface area contributed by atoms with Crippen molar-refractivity contribution in [3.05, 3.63) is 28.2 Å². The van der Waals surface area contributed by atoms with Gasteiger partial charge in [0.15, 0.2) is 0 Å². The summed E-state index contributed by atoms with van der Waals surface area (Å²) in [6, 6.07) is 4.66. The Labute approximate surface area is 132 Å². The molecule has 0 spiro atoms. The molecule has 6 heteroatoms. The molecule has 1 atom stereocenters. The first kappa shape index (κ1) is 15.8. The van der Waals surface area contributed by atoms with Crippen molar-refractivity contribution in [2.75, 3.05) is 20.8 Å². The maximum Gasteiger partial charge on any atom is 0.328 e. The molecule has 1 aliphatic rings. The quantitative estimate of drug-likeness (QED) is 0.782. The average Bonchev–Trinajstić information content (AvgIpc) is 2.53. The van der Waals surface area contributed by atoms with E-state index in [1.807, 2.05) is 0 Å². The molecule has 0 saturated carbocycles. The van der Waals surface area contributed by atoms with E-state index in [0.717, 1.165) is 12.8 Å². The van der Waals surface area contributed by atoms with Crippen molar-refractivity contribution < 1.29 is 19.1 Å². The molecule has 21 heavy (non-hydrogen) atoms. The minimum atomic E-state index is -0.489. The van der Waals surface area contributed by atoms with E-state index in [9.17, 15) is 9.59 Å². The Kier molecular flexibility index (Phi) is 5.22. The Hall–Kier alpha value is -1.56. The zero-order valence-corrected chi connectivity index (χ0v) is 13.7. The molecule has 0 radical (unpaired) electrons. The third-order valence-corrected chi connectivity index (χ3v) is 4.26. The van der Waals surface area contributed by atoms with E-state index >= 15 is 0 Å². The van der Waals surface area contributed by atoms with Gasteiger partial charge in [-0.05, 0) is 53.4 Å². The first-order valence-electron chi connectivity index (χ1n) is 6.80. The lowest BCUT2D eigenvalue weighted by Crippen LogP contribution is -2.48. The van der Waals surface area contributed by atoms with Crippen LogP contribution in [-0.2, 0) is 9.53 Å². The van der Waals surface area contributed by atoms with Crippen molar-refractivity contribution in [1.82, 2.24) is 4.90 Å². The first-order chi connectivity index (χ1) is 10.1. The van der Waals surface area contributed by atoms with Gasteiger partial charge in [-0.1, -0.05) is 0 Å². The highest BCUT2D eigenvalue weighted by Crippen LogP contribution is 2.27. The predicted octanol–water partition coefficient (Wildman–Crippen LogP) is 2.63. The summed E-state index contributed by atoms with van der Waals surface area (Å²) in [5, 5.41) is 0. The Morgan fingerprint density at radius 3 is 2.67 bits per heavy atom. The number of methoxy groups -OCH3 is 2. The largest absolute Gasteiger partial charge is 0.496 e. The Bertz CT molecular complexity index is 546. The molecule has 1 unspecified atom stereocenters. The fourth-order valence-electron chi connectivity index (χ4n) is 2.52. The maximum absolute atomic E-state index is 12.6. The van der Waals surface area contributed by atoms with Gasteiger partial charge in [-0.25, -0.2) is 4.79 Å². The number of amides is 1. The summed E-state index contributed by atoms with van der Waals surface area (Å²) in [6.45, 7) is 0.572. The lowest BCUT2D eigenvalue weighted by molar-refractivity contribution is -0.147. The second kappa shape index (κ2) is 6.93. The molecular formula is C15H18BrNO4. The summed E-state index contributed by atoms with van der Waals surface area (Å²) >= 11 is 3.37. The second-order valence-electron chi connectivity index (χ2n) is 4.88. The molecule has 1 fully saturated rings. The zero-order valence-electron chi connectivity index (χ0n) is 12.1. The number of hydrogen-bond donors (Lipinski definition) is 0. The SMILES string of the molecule is COC(=O)C1CCCCN1C(=O)c1ccc(OC)c(Br)c1. The lowest BCUT2D eigenvalue weighted by atomic mass is 10.0. The summed E-state index contributed by atoms with van der Waals surface area (Å²) in [6.07, 6.45) is 2.47. The van der Waals surface area contributed by atoms with Gasteiger partial charge in [-0.3, -0.25) is 4.79 Å². The van der Waals surface area contributed by atoms with Crippen molar-refractivity contribution in [1.29, 1.82) is 0 Å². The molecule has 0 bridgehead atoms. The molecule has 1 heterocycles. The van der Waals surface area contributed by atoms with Crippen molar-refractivity contribution in [3.63, 3.8) is 0 Å². The normalized spacial score (nSPS) is 18.2. The van der Waals surface area contributed by atoms with Crippen LogP contribution in [0.15, 0.2) is 22.7 Å². The van der Waals surface area contributed by atoms with Crippen molar-refractivity contribution in [3.8, 4) is 5.75 Å². The van der Waals surface area contributed by atoms with Crippen LogP contribution in [0.4, 0.5) is 0 Å². The number of hydrogen-bond acceptors (Lipinski definition) is 4. The molecule has 1 saturated heterocycles. The number of carbonyl (C=O) groups excluding carboxylic acids is 2. The standard InChI is InChI=1S/C15H18BrNO4/c1-20-13-7-6-10(9-11(13)16)14(18)17-8-4-3-5-12(17)15(19)21-2/h6-7,9,12H,3-5,8H2,1-2H3. The fourth-order valence-corrected chi connectivity index (χ4v) is 3.06. The van der Waals surface area contributed by atoms with Crippen molar-refractivity contribution in [2.45, 2.75) is 25.3 Å². The zero-order chi connectivity index (χ0) is 15.4. The van der Waals surface area contributed by atoms with E-state index in [1.54, 1.807) is 30.2 Å². The van der Waals surface area contributed by atoms with Crippen LogP contribution in [0.1, 0.15) is 29.6 Å². The van der Waals surface area contributed by atoms with Gasteiger partial charge in [0.1, 0.15) is 11.8 Å². The topological polar surface area (TPSA) is 55.8 Å². The van der Waals surface area contributed by atoms with Crippen LogP contribution in [-0.4, -0.2) is 43.6 Å². The number of likely N-dealkylation sites (tertiary alicyclic amines) is 1. The molecule has 1 aromatic rings. The summed E-state index contributed by atoms with van der Waals surface area (Å²) in [7, 11) is 2.92. The molecule has 1 aliphatic heterocycles. The highest BCUT2D eigenvalue weighted by atomic mass is 79.9. The number of rotatable bonds is 3. The summed E-state index contributed by atoms with van der Waals surface area (Å²) in [5.74, 6) is 0.152. The molecule has 5 nitrogen and oxygen atoms in total. The van der Waals surface area contributed by atoms with E-state index in [0.29, 0.717) is 28.8 Å². The Morgan fingerprint density at radius 1 is 1.29 bits per heavy atom. The molecule has 0 N–H and O–H groups in total. The van der Waals surface area contributed by atoms with Crippen molar-refractivity contribution in [2.24, 2.45) is 0 Å². The molecular weight excluding hydrogens is 338 g/mol. The number of ether oxygens (including phenoxy) is 2. The number of nitrogens with zero attached hydrogens (tertiary/aromatic N) is 1. The molecule has 2 rings (SSSR count). The van der Waals surface area contributed by atoms with Crippen LogP contribution in [0, 0.1) is 0 Å². The van der Waals surface area contributed by atoms with Crippen LogP contribution in [0.25, 0.3) is 0 Å². The van der Waals surface area contributed by atoms with Crippen LogP contribution >= 0.6 is 15.9 Å². The van der Waals surface area contributed by atoms with E-state index in [1.165, 1.54) is 7.11 Å². The number of esters is 1. The van der Waals surface area contributed by atoms with Gasteiger partial charge in [0.25, 0.3) is 5.91 Å². The van der Waals surface area contributed by atoms with E-state index in [-0.39, 0.29) is 11.9 Å². The van der Waals surface area contributed by atoms with E-state index in [2.05, 4.69) is 15.9 Å². The minimum absolute atomic E-state index is 0.159. The van der Waals surface area contributed by atoms with Crippen LogP contribution < -0.4 is 4.74 Å². The van der Waals surface area contributed by atoms with Gasteiger partial charge < -0.3 is 14.4 Å². The number of carbonyl (C=O) groups is 2. The first-order valence-corrected chi connectivity index (χ1v) is 7.60. The molecule has 114 valence electrons. The van der Waals surface area contributed by atoms with Crippen LogP contribution in [0.5, 0.6) is 5.75 Å². The Morgan fingerprint density at radius 2 is 2.05 bits per heavy atom. The smallest absolute Gasteiger partial charge is 0.328 e. The highest BCUT2D eigenvalue weighted by molar-refractivity contribution is 9.10. The molecule has 0 aromatic heterocycles. The number of halogens is 1. The van der Waals surface area contributed by atoms with Gasteiger partial charge in [0, 0.05) is 12.1 Å². The third kappa shape index (κ3) is 3.37. The summed E-state index contributed by atoms with van der Waals surface area (Å²) in [4.78, 5) is 26.1. The predicted molar refractivity (Wildman–Crippen MR) is 81.4 cm³/mol. The average molecular weight is 356 g/mol. The minimum Gasteiger partial charge on any atom is -0.496 e. The highest BCUT2D eigenvalue weighted by Gasteiger charge is 2.33. The van der Waals surface area contributed by atoms with Crippen LogP contribution in [0.3, 0.4) is 0 Å². The lowest BCUT2D eigenvalue weighted by Gasteiger charge is -2.33. The van der Waals surface area contributed by atoms with Gasteiger partial charge in [0.2, 0.25) is 0 Å². The maximum atomic E-state index is 12.6. The summed E-state index contributed by atoms with van der Waals surface area (Å²) in [5.41, 5.74) is 0.526. The van der Waals surface area contributed by atoms with Gasteiger partial charge in [-0.15, -0.1) is 0 Å². The molecule has 0 aliphatic carbocycles. The Balaban J connectivity index is 2.24. The summed E-state index contributed by atoms with van der Waals surface area (Å²) < 4.78 is 10.7.